The number of aromatic nitrogens is 6. The molecule has 378 valence electrons. The normalized spacial score (nSPS) is 11.3. The molecule has 4 heterocycles. The van der Waals surface area contributed by atoms with Gasteiger partial charge in [-0.3, -0.25) is 0 Å². The first-order chi connectivity index (χ1) is 39.3. The van der Waals surface area contributed by atoms with Gasteiger partial charge in [-0.1, -0.05) is 69.8 Å². The van der Waals surface area contributed by atoms with Crippen molar-refractivity contribution >= 4 is 76.8 Å². The highest BCUT2D eigenvalue weighted by atomic mass is 15.1. The van der Waals surface area contributed by atoms with Gasteiger partial charge in [0.25, 0.3) is 0 Å². The molecule has 0 aliphatic rings. The van der Waals surface area contributed by atoms with E-state index in [2.05, 4.69) is 70.4 Å². The van der Waals surface area contributed by atoms with Crippen LogP contribution in [-0.4, -0.2) is 28.7 Å². The van der Waals surface area contributed by atoms with Crippen LogP contribution in [0.4, 0.5) is 11.4 Å². The number of hydrogen-bond donors (Lipinski definition) is 0. The Morgan fingerprint density at radius 2 is 0.543 bits per heavy atom. The fourth-order valence-electron chi connectivity index (χ4n) is 11.7. The summed E-state index contributed by atoms with van der Waals surface area (Å²) in [5.74, 6) is 0.180. The van der Waals surface area contributed by atoms with Crippen LogP contribution in [0.15, 0.2) is 146 Å². The summed E-state index contributed by atoms with van der Waals surface area (Å²) in [7, 11) is 0. The Morgan fingerprint density at radius 3 is 0.778 bits per heavy atom. The van der Waals surface area contributed by atoms with E-state index in [-0.39, 0.29) is 51.1 Å². The summed E-state index contributed by atoms with van der Waals surface area (Å²) < 4.78 is 5.89. The van der Waals surface area contributed by atoms with Gasteiger partial charge in [0.2, 0.25) is 11.4 Å². The molecule has 0 saturated heterocycles. The van der Waals surface area contributed by atoms with Gasteiger partial charge in [-0.25, -0.2) is 24.6 Å². The van der Waals surface area contributed by atoms with Crippen LogP contribution in [0.5, 0.6) is 0 Å². The first-order valence-electron chi connectivity index (χ1n) is 26.0. The van der Waals surface area contributed by atoms with Gasteiger partial charge in [-0.15, -0.1) is 0 Å². The van der Waals surface area contributed by atoms with Gasteiger partial charge >= 0.3 is 0 Å². The Balaban J connectivity index is 1.07. The van der Waals surface area contributed by atoms with Crippen LogP contribution in [0.2, 0.25) is 0 Å². The van der Waals surface area contributed by atoms with Crippen molar-refractivity contribution in [3.05, 3.63) is 224 Å². The zero-order valence-corrected chi connectivity index (χ0v) is 44.7. The molecule has 13 aromatic rings. The number of nitriles is 4. The zero-order chi connectivity index (χ0) is 56.1. The van der Waals surface area contributed by atoms with Gasteiger partial charge < -0.3 is 13.7 Å². The van der Waals surface area contributed by atoms with Crippen LogP contribution >= 0.6 is 0 Å². The summed E-state index contributed by atoms with van der Waals surface area (Å²) in [5, 5.41) is 50.4. The molecule has 0 amide bonds. The maximum Gasteiger partial charge on any atom is 0.212 e. The number of hydrogen-bond acceptors (Lipinski definition) is 7. The molecule has 4 aromatic heterocycles. The van der Waals surface area contributed by atoms with Crippen molar-refractivity contribution in [3.8, 4) is 75.5 Å². The molecule has 0 aliphatic carbocycles. The van der Waals surface area contributed by atoms with E-state index in [4.69, 9.17) is 28.1 Å². The third kappa shape index (κ3) is 7.64. The van der Waals surface area contributed by atoms with Crippen molar-refractivity contribution < 1.29 is 0 Å². The monoisotopic (exact) mass is 1040 g/mol. The molecule has 12 nitrogen and oxygen atoms in total. The van der Waals surface area contributed by atoms with Crippen LogP contribution in [0.25, 0.3) is 126 Å². The van der Waals surface area contributed by atoms with Gasteiger partial charge in [0.1, 0.15) is 12.1 Å². The largest absolute Gasteiger partial charge is 0.318 e. The second-order valence-corrected chi connectivity index (χ2v) is 20.8. The second-order valence-electron chi connectivity index (χ2n) is 20.8. The Hall–Kier alpha value is -11.7. The van der Waals surface area contributed by atoms with E-state index in [9.17, 15) is 21.0 Å². The molecule has 9 aromatic carbocycles. The zero-order valence-electron chi connectivity index (χ0n) is 44.7. The van der Waals surface area contributed by atoms with Crippen molar-refractivity contribution in [1.82, 2.24) is 28.7 Å². The fourth-order valence-corrected chi connectivity index (χ4v) is 11.7. The van der Waals surface area contributed by atoms with Crippen LogP contribution in [0.1, 0.15) is 55.6 Å². The molecule has 0 N–H and O–H groups in total. The van der Waals surface area contributed by atoms with E-state index in [0.29, 0.717) is 33.8 Å². The summed E-state index contributed by atoms with van der Waals surface area (Å²) in [5.41, 5.74) is 14.5. The molecule has 0 spiro atoms. The third-order valence-electron chi connectivity index (χ3n) is 15.3. The highest BCUT2D eigenvalue weighted by molar-refractivity contribution is 6.13. The lowest BCUT2D eigenvalue weighted by atomic mass is 10.0. The molecule has 0 saturated carbocycles. The van der Waals surface area contributed by atoms with E-state index >= 15 is 0 Å². The van der Waals surface area contributed by atoms with Crippen LogP contribution in [-0.2, 0) is 0 Å². The Morgan fingerprint density at radius 1 is 0.321 bits per heavy atom. The highest BCUT2D eigenvalue weighted by Gasteiger charge is 2.26. The SMILES string of the molecule is [C-]#[N+]c1cc(-c2nc(-c3cc(C#N)c(-n4c5ccc(C)cc5c5cc(C)ccc54)c(C#N)c3)nc(-c3cc(C#N)c(-n4c5ccc(C)cc5c5cc(C)ccc54)c([N+]#[C-])c3)n2)cc(C#N)c1-n1c2ccc(C)cc2c2cc(C)ccc21. The lowest BCUT2D eigenvalue weighted by Crippen LogP contribution is -2.05. The summed E-state index contributed by atoms with van der Waals surface area (Å²) in [4.78, 5) is 23.3. The smallest absolute Gasteiger partial charge is 0.212 e. The van der Waals surface area contributed by atoms with E-state index in [1.165, 1.54) is 0 Å². The van der Waals surface area contributed by atoms with Crippen molar-refractivity contribution in [3.63, 3.8) is 0 Å². The summed E-state index contributed by atoms with van der Waals surface area (Å²) in [6.07, 6.45) is 0. The maximum absolute atomic E-state index is 11.1. The predicted octanol–water partition coefficient (Wildman–Crippen LogP) is 16.6. The van der Waals surface area contributed by atoms with E-state index in [1.54, 1.807) is 36.4 Å². The van der Waals surface area contributed by atoms with Crippen molar-refractivity contribution in [2.45, 2.75) is 41.5 Å². The van der Waals surface area contributed by atoms with Crippen LogP contribution in [0.3, 0.4) is 0 Å². The molecular weight excluding hydrogens is 997 g/mol. The van der Waals surface area contributed by atoms with Crippen molar-refractivity contribution in [2.75, 3.05) is 0 Å². The van der Waals surface area contributed by atoms with Crippen LogP contribution in [0, 0.1) is 100 Å². The Bertz CT molecular complexity index is 4450. The summed E-state index contributed by atoms with van der Waals surface area (Å²) in [6.45, 7) is 29.5. The summed E-state index contributed by atoms with van der Waals surface area (Å²) in [6, 6.07) is 56.3. The standard InChI is InChI=1S/C69H42N12/c1-37-9-15-58-50(21-37)51-22-38(2)10-16-59(51)79(58)64-46(33-70)27-43(28-47(64)34-71)67-76-68(44-29-48(35-72)65(56(31-44)74-7)80-60-17-11-39(3)23-52(60)53-24-40(4)12-18-61(53)80)78-69(77-67)45-30-49(36-73)66(57(32-45)75-8)81-62-19-13-41(5)25-54(62)55-26-42(6)14-20-63(55)81/h9-32H,1-6H3. The van der Waals surface area contributed by atoms with E-state index in [0.717, 1.165) is 98.8 Å². The highest BCUT2D eigenvalue weighted by Crippen LogP contribution is 2.44. The number of aryl methyl sites for hydroxylation is 6. The molecule has 0 atom stereocenters. The van der Waals surface area contributed by atoms with Gasteiger partial charge in [0, 0.05) is 49.0 Å². The minimum Gasteiger partial charge on any atom is -0.318 e. The van der Waals surface area contributed by atoms with Gasteiger partial charge in [-0.05, 0) is 151 Å². The summed E-state index contributed by atoms with van der Waals surface area (Å²) >= 11 is 0. The first kappa shape index (κ1) is 48.9. The average Bonchev–Trinajstić information content (AvgIpc) is 3.48. The first-order valence-corrected chi connectivity index (χ1v) is 26.0. The molecule has 0 radical (unpaired) electrons. The molecule has 81 heavy (non-hydrogen) atoms. The molecule has 0 unspecified atom stereocenters. The number of benzene rings is 9. The van der Waals surface area contributed by atoms with Gasteiger partial charge in [0.15, 0.2) is 17.5 Å². The van der Waals surface area contributed by atoms with Gasteiger partial charge in [0.05, 0.1) is 97.7 Å². The lowest BCUT2D eigenvalue weighted by Gasteiger charge is -2.16. The third-order valence-corrected chi connectivity index (χ3v) is 15.3. The van der Waals surface area contributed by atoms with Crippen molar-refractivity contribution in [2.24, 2.45) is 0 Å². The van der Waals surface area contributed by atoms with E-state index < -0.39 is 0 Å². The average molecular weight is 1040 g/mol. The minimum absolute atomic E-state index is 0.0585. The van der Waals surface area contributed by atoms with Crippen LogP contribution < -0.4 is 0 Å². The number of rotatable bonds is 6. The number of fused-ring (bicyclic) bond motifs is 9. The fraction of sp³-hybridized carbons (Fsp3) is 0.0870. The van der Waals surface area contributed by atoms with E-state index in [1.807, 2.05) is 128 Å². The Kier molecular flexibility index (Phi) is 11.2. The molecule has 13 rings (SSSR count). The van der Waals surface area contributed by atoms with Gasteiger partial charge in [-0.2, -0.15) is 21.0 Å². The topological polar surface area (TPSA) is 157 Å². The molecule has 0 bridgehead atoms. The predicted molar refractivity (Wildman–Crippen MR) is 319 cm³/mol. The minimum atomic E-state index is 0.0585. The van der Waals surface area contributed by atoms with Crippen molar-refractivity contribution in [1.29, 1.82) is 21.0 Å². The number of nitrogens with zero attached hydrogens (tertiary/aromatic N) is 12. The molecule has 12 heteroatoms. The lowest BCUT2D eigenvalue weighted by molar-refractivity contribution is 1.07. The molecule has 0 fully saturated rings. The Labute approximate surface area is 465 Å². The molecular formula is C69H42N12. The maximum atomic E-state index is 11.1. The molecule has 0 aliphatic heterocycles. The quantitative estimate of drug-likeness (QED) is 0.150. The second kappa shape index (κ2) is 18.5.